The van der Waals surface area contributed by atoms with Crippen LogP contribution in [0.15, 0.2) is 63.5 Å². The molecule has 2 heterocycles. The predicted octanol–water partition coefficient (Wildman–Crippen LogP) is 2.33. The minimum Gasteiger partial charge on any atom is -0.493 e. The third kappa shape index (κ3) is 4.21. The van der Waals surface area contributed by atoms with Crippen LogP contribution in [0.3, 0.4) is 0 Å². The predicted molar refractivity (Wildman–Crippen MR) is 128 cm³/mol. The number of carbonyl (C=O) groups excluding carboxylic acids is 1. The van der Waals surface area contributed by atoms with Crippen molar-refractivity contribution in [1.82, 2.24) is 4.57 Å². The van der Waals surface area contributed by atoms with Crippen molar-refractivity contribution in [2.75, 3.05) is 21.3 Å². The first-order chi connectivity index (χ1) is 16.8. The van der Waals surface area contributed by atoms with Crippen LogP contribution in [0.4, 0.5) is 5.69 Å². The van der Waals surface area contributed by atoms with Crippen molar-refractivity contribution in [3.05, 3.63) is 94.7 Å². The Morgan fingerprint density at radius 1 is 1.14 bits per heavy atom. The van der Waals surface area contributed by atoms with Gasteiger partial charge in [-0.1, -0.05) is 29.5 Å². The molecule has 0 amide bonds. The van der Waals surface area contributed by atoms with Crippen LogP contribution in [0, 0.1) is 10.1 Å². The highest BCUT2D eigenvalue weighted by atomic mass is 32.1. The fourth-order valence-electron chi connectivity index (χ4n) is 3.97. The molecule has 1 atom stereocenters. The normalized spacial score (nSPS) is 15.3. The van der Waals surface area contributed by atoms with Gasteiger partial charge in [0.25, 0.3) is 11.2 Å². The van der Waals surface area contributed by atoms with Crippen molar-refractivity contribution in [1.29, 1.82) is 0 Å². The molecule has 0 saturated carbocycles. The van der Waals surface area contributed by atoms with Crippen molar-refractivity contribution < 1.29 is 23.9 Å². The van der Waals surface area contributed by atoms with Gasteiger partial charge in [-0.3, -0.25) is 19.5 Å². The summed E-state index contributed by atoms with van der Waals surface area (Å²) in [5.74, 6) is 0.319. The largest absolute Gasteiger partial charge is 0.493 e. The highest BCUT2D eigenvalue weighted by Gasteiger charge is 2.36. The molecule has 2 aromatic carbocycles. The Morgan fingerprint density at radius 2 is 1.86 bits per heavy atom. The molecule has 0 N–H and O–H groups in total. The van der Waals surface area contributed by atoms with E-state index < -0.39 is 22.5 Å². The van der Waals surface area contributed by atoms with Gasteiger partial charge in [-0.25, -0.2) is 9.79 Å². The van der Waals surface area contributed by atoms with Crippen molar-refractivity contribution in [3.8, 4) is 11.5 Å². The molecule has 1 aromatic heterocycles. The lowest BCUT2D eigenvalue weighted by Crippen LogP contribution is -2.40. The van der Waals surface area contributed by atoms with Crippen molar-refractivity contribution >= 4 is 29.1 Å². The summed E-state index contributed by atoms with van der Waals surface area (Å²) in [6.45, 7) is 1.61. The number of para-hydroxylation sites is 1. The number of esters is 1. The molecule has 0 saturated heterocycles. The number of nitro groups is 1. The van der Waals surface area contributed by atoms with Crippen molar-refractivity contribution in [2.45, 2.75) is 13.0 Å². The second-order valence-electron chi connectivity index (χ2n) is 7.50. The lowest BCUT2D eigenvalue weighted by atomic mass is 9.94. The number of fused-ring (bicyclic) bond motifs is 1. The first-order valence-corrected chi connectivity index (χ1v) is 11.2. The van der Waals surface area contributed by atoms with Crippen LogP contribution < -0.4 is 24.4 Å². The van der Waals surface area contributed by atoms with Gasteiger partial charge >= 0.3 is 5.97 Å². The number of ether oxygens (including phenoxy) is 3. The van der Waals surface area contributed by atoms with Crippen LogP contribution in [-0.2, 0) is 9.53 Å². The second-order valence-corrected chi connectivity index (χ2v) is 8.51. The van der Waals surface area contributed by atoms with Crippen molar-refractivity contribution in [2.24, 2.45) is 4.99 Å². The van der Waals surface area contributed by atoms with Crippen LogP contribution in [0.25, 0.3) is 6.08 Å². The number of rotatable bonds is 6. The van der Waals surface area contributed by atoms with Gasteiger partial charge in [0.05, 0.1) is 47.6 Å². The van der Waals surface area contributed by atoms with E-state index in [4.69, 9.17) is 14.2 Å². The second kappa shape index (κ2) is 9.55. The summed E-state index contributed by atoms with van der Waals surface area (Å²) < 4.78 is 17.2. The Bertz CT molecular complexity index is 1550. The molecule has 11 heteroatoms. The highest BCUT2D eigenvalue weighted by Crippen LogP contribution is 2.35. The van der Waals surface area contributed by atoms with Crippen molar-refractivity contribution in [3.63, 3.8) is 0 Å². The lowest BCUT2D eigenvalue weighted by Gasteiger charge is -2.24. The summed E-state index contributed by atoms with van der Waals surface area (Å²) in [5, 5.41) is 11.8. The molecule has 0 radical (unpaired) electrons. The maximum atomic E-state index is 13.6. The standard InChI is InChI=1S/C24H21N3O7S/c1-13-20(23(29)34-4)21(15-7-5-6-8-16(15)27(30)31)26-22(28)19(35-24(26)25-13)12-14-9-10-17(32-2)18(11-14)33-3/h5-12,21H,1-4H3. The third-order valence-electron chi connectivity index (χ3n) is 5.56. The molecule has 35 heavy (non-hydrogen) atoms. The highest BCUT2D eigenvalue weighted by molar-refractivity contribution is 7.07. The van der Waals surface area contributed by atoms with Crippen LogP contribution in [0.2, 0.25) is 0 Å². The third-order valence-corrected chi connectivity index (χ3v) is 6.54. The zero-order chi connectivity index (χ0) is 25.3. The Labute approximate surface area is 203 Å². The fourth-order valence-corrected chi connectivity index (χ4v) is 5.01. The van der Waals surface area contributed by atoms with E-state index in [1.165, 1.54) is 44.1 Å². The van der Waals surface area contributed by atoms with Gasteiger partial charge in [0, 0.05) is 6.07 Å². The number of hydrogen-bond donors (Lipinski definition) is 0. The van der Waals surface area contributed by atoms with Gasteiger partial charge in [-0.2, -0.15) is 0 Å². The van der Waals surface area contributed by atoms with Gasteiger partial charge in [0.2, 0.25) is 0 Å². The number of thiazole rings is 1. The first-order valence-electron chi connectivity index (χ1n) is 10.4. The minimum absolute atomic E-state index is 0.0619. The average molecular weight is 496 g/mol. The monoisotopic (exact) mass is 495 g/mol. The SMILES string of the molecule is COC(=O)C1=C(C)N=c2sc(=Cc3ccc(OC)c(OC)c3)c(=O)n2C1c1ccccc1[N+](=O)[O-]. The zero-order valence-electron chi connectivity index (χ0n) is 19.3. The van der Waals surface area contributed by atoms with E-state index in [9.17, 15) is 19.7 Å². The Kier molecular flexibility index (Phi) is 6.52. The van der Waals surface area contributed by atoms with Gasteiger partial charge < -0.3 is 14.2 Å². The molecule has 10 nitrogen and oxygen atoms in total. The number of benzene rings is 2. The molecular weight excluding hydrogens is 474 g/mol. The molecule has 4 rings (SSSR count). The summed E-state index contributed by atoms with van der Waals surface area (Å²) in [6, 6.07) is 10.1. The molecule has 1 unspecified atom stereocenters. The summed E-state index contributed by atoms with van der Waals surface area (Å²) in [7, 11) is 4.25. The molecule has 1 aliphatic heterocycles. The lowest BCUT2D eigenvalue weighted by molar-refractivity contribution is -0.385. The minimum atomic E-state index is -1.08. The first kappa shape index (κ1) is 23.9. The van der Waals surface area contributed by atoms with E-state index in [-0.39, 0.29) is 16.8 Å². The molecule has 0 bridgehead atoms. The van der Waals surface area contributed by atoms with Crippen LogP contribution in [-0.4, -0.2) is 36.8 Å². The summed E-state index contributed by atoms with van der Waals surface area (Å²) in [4.78, 5) is 42.4. The molecule has 3 aromatic rings. The van der Waals surface area contributed by atoms with E-state index >= 15 is 0 Å². The molecule has 0 aliphatic carbocycles. The van der Waals surface area contributed by atoms with Crippen LogP contribution in [0.5, 0.6) is 11.5 Å². The van der Waals surface area contributed by atoms with E-state index in [1.807, 2.05) is 0 Å². The van der Waals surface area contributed by atoms with Gasteiger partial charge in [0.1, 0.15) is 6.04 Å². The number of nitrogens with zero attached hydrogens (tertiary/aromatic N) is 3. The molecule has 180 valence electrons. The molecule has 1 aliphatic rings. The van der Waals surface area contributed by atoms with Crippen LogP contribution in [0.1, 0.15) is 24.1 Å². The number of methoxy groups -OCH3 is 3. The smallest absolute Gasteiger partial charge is 0.338 e. The van der Waals surface area contributed by atoms with E-state index in [2.05, 4.69) is 4.99 Å². The van der Waals surface area contributed by atoms with E-state index in [1.54, 1.807) is 37.3 Å². The Hall–Kier alpha value is -4.25. The maximum Gasteiger partial charge on any atom is 0.338 e. The quantitative estimate of drug-likeness (QED) is 0.292. The number of allylic oxidation sites excluding steroid dienone is 1. The van der Waals surface area contributed by atoms with Gasteiger partial charge in [0.15, 0.2) is 16.3 Å². The summed E-state index contributed by atoms with van der Waals surface area (Å²) >= 11 is 1.12. The topological polar surface area (TPSA) is 122 Å². The molecule has 0 spiro atoms. The number of carbonyl (C=O) groups is 1. The summed E-state index contributed by atoms with van der Waals surface area (Å²) in [5.41, 5.74) is 0.583. The number of nitro benzene ring substituents is 1. The van der Waals surface area contributed by atoms with Crippen LogP contribution >= 0.6 is 11.3 Å². The Morgan fingerprint density at radius 3 is 2.51 bits per heavy atom. The fraction of sp³-hybridized carbons (Fsp3) is 0.208. The van der Waals surface area contributed by atoms with E-state index in [0.29, 0.717) is 32.1 Å². The van der Waals surface area contributed by atoms with Gasteiger partial charge in [-0.15, -0.1) is 0 Å². The summed E-state index contributed by atoms with van der Waals surface area (Å²) in [6.07, 6.45) is 1.67. The number of aromatic nitrogens is 1. The molecular formula is C24H21N3O7S. The number of hydrogen-bond acceptors (Lipinski definition) is 9. The molecule has 0 fully saturated rings. The Balaban J connectivity index is 1.99. The maximum absolute atomic E-state index is 13.6. The average Bonchev–Trinajstić information content (AvgIpc) is 3.16. The zero-order valence-corrected chi connectivity index (χ0v) is 20.1. The van der Waals surface area contributed by atoms with Gasteiger partial charge in [-0.05, 0) is 36.8 Å². The van der Waals surface area contributed by atoms with E-state index in [0.717, 1.165) is 11.3 Å².